The van der Waals surface area contributed by atoms with Crippen LogP contribution in [0.25, 0.3) is 0 Å². The van der Waals surface area contributed by atoms with Crippen molar-refractivity contribution in [1.29, 1.82) is 0 Å². The number of nitrogens with zero attached hydrogens (tertiary/aromatic N) is 2. The highest BCUT2D eigenvalue weighted by molar-refractivity contribution is 8.15. The normalized spacial score (nSPS) is 20.2. The summed E-state index contributed by atoms with van der Waals surface area (Å²) in [5.41, 5.74) is 0.174. The van der Waals surface area contributed by atoms with Gasteiger partial charge in [0.15, 0.2) is 5.17 Å². The van der Waals surface area contributed by atoms with E-state index in [9.17, 15) is 18.4 Å². The number of amides is 1. The second-order valence-electron chi connectivity index (χ2n) is 4.05. The minimum Gasteiger partial charge on any atom is -0.481 e. The van der Waals surface area contributed by atoms with Crippen molar-refractivity contribution >= 4 is 35.0 Å². The average molecular weight is 313 g/mol. The number of carbonyl (C=O) groups is 2. The van der Waals surface area contributed by atoms with Gasteiger partial charge >= 0.3 is 5.97 Å². The molecular formula is C12H9F2N3O3S. The number of aliphatic carboxylic acids is 1. The summed E-state index contributed by atoms with van der Waals surface area (Å²) < 4.78 is 25.9. The molecule has 1 unspecified atom stereocenters. The van der Waals surface area contributed by atoms with Crippen molar-refractivity contribution in [2.75, 3.05) is 0 Å². The van der Waals surface area contributed by atoms with E-state index in [-0.39, 0.29) is 17.2 Å². The van der Waals surface area contributed by atoms with Crippen LogP contribution in [0.2, 0.25) is 0 Å². The van der Waals surface area contributed by atoms with E-state index >= 15 is 0 Å². The minimum absolute atomic E-state index is 0.138. The molecule has 0 aliphatic carbocycles. The highest BCUT2D eigenvalue weighted by Gasteiger charge is 2.32. The van der Waals surface area contributed by atoms with E-state index in [0.717, 1.165) is 36.2 Å². The van der Waals surface area contributed by atoms with E-state index in [1.54, 1.807) is 0 Å². The Hall–Kier alpha value is -2.29. The maximum atomic E-state index is 12.9. The largest absolute Gasteiger partial charge is 0.481 e. The molecule has 1 aliphatic heterocycles. The van der Waals surface area contributed by atoms with Crippen molar-refractivity contribution in [3.05, 3.63) is 35.4 Å². The summed E-state index contributed by atoms with van der Waals surface area (Å²) in [7, 11) is 0. The first-order valence-corrected chi connectivity index (χ1v) is 6.58. The van der Waals surface area contributed by atoms with Gasteiger partial charge in [-0.15, -0.1) is 5.10 Å². The van der Waals surface area contributed by atoms with Gasteiger partial charge in [0.05, 0.1) is 12.6 Å². The van der Waals surface area contributed by atoms with Crippen LogP contribution in [0, 0.1) is 11.6 Å². The van der Waals surface area contributed by atoms with Crippen molar-refractivity contribution in [3.8, 4) is 0 Å². The predicted octanol–water partition coefficient (Wildman–Crippen LogP) is 1.36. The third-order valence-electron chi connectivity index (χ3n) is 2.38. The quantitative estimate of drug-likeness (QED) is 0.648. The first-order valence-electron chi connectivity index (χ1n) is 5.70. The monoisotopic (exact) mass is 313 g/mol. The summed E-state index contributed by atoms with van der Waals surface area (Å²) >= 11 is 0.935. The number of rotatable bonds is 4. The lowest BCUT2D eigenvalue weighted by molar-refractivity contribution is -0.138. The zero-order valence-electron chi connectivity index (χ0n) is 10.4. The van der Waals surface area contributed by atoms with Gasteiger partial charge in [-0.3, -0.25) is 9.59 Å². The SMILES string of the molecule is O=C(O)CC1SC(=NN=Cc2cc(F)cc(F)c2)NC1=O. The molecule has 1 saturated heterocycles. The van der Waals surface area contributed by atoms with E-state index in [1.807, 2.05) is 0 Å². The van der Waals surface area contributed by atoms with E-state index in [2.05, 4.69) is 15.5 Å². The standard InChI is InChI=1S/C12H9F2N3O3S/c13-7-1-6(2-8(14)3-7)5-15-17-12-16-11(20)9(21-12)4-10(18)19/h1-3,5,9H,4H2,(H,18,19)(H,16,17,20). The van der Waals surface area contributed by atoms with Crippen molar-refractivity contribution in [2.45, 2.75) is 11.7 Å². The maximum absolute atomic E-state index is 12.9. The molecule has 1 heterocycles. The van der Waals surface area contributed by atoms with Crippen LogP contribution in [0.3, 0.4) is 0 Å². The number of carbonyl (C=O) groups excluding carboxylic acids is 1. The molecule has 0 spiro atoms. The molecule has 1 atom stereocenters. The molecule has 21 heavy (non-hydrogen) atoms. The topological polar surface area (TPSA) is 91.1 Å². The first kappa shape index (κ1) is 15.1. The Morgan fingerprint density at radius 1 is 1.38 bits per heavy atom. The van der Waals surface area contributed by atoms with Crippen LogP contribution in [0.4, 0.5) is 8.78 Å². The molecule has 2 rings (SSSR count). The third-order valence-corrected chi connectivity index (χ3v) is 3.45. The summed E-state index contributed by atoms with van der Waals surface area (Å²) in [4.78, 5) is 22.0. The van der Waals surface area contributed by atoms with Gasteiger partial charge in [0.1, 0.15) is 16.9 Å². The van der Waals surface area contributed by atoms with Crippen LogP contribution in [0.15, 0.2) is 28.4 Å². The van der Waals surface area contributed by atoms with Crippen LogP contribution in [0.1, 0.15) is 12.0 Å². The second kappa shape index (κ2) is 6.44. The predicted molar refractivity (Wildman–Crippen MR) is 73.2 cm³/mol. The summed E-state index contributed by atoms with van der Waals surface area (Å²) in [5.74, 6) is -3.04. The Bertz CT molecular complexity index is 628. The lowest BCUT2D eigenvalue weighted by Gasteiger charge is -1.97. The molecule has 0 aromatic heterocycles. The number of benzene rings is 1. The molecule has 1 aromatic carbocycles. The van der Waals surface area contributed by atoms with Gasteiger partial charge in [0.25, 0.3) is 0 Å². The number of halogens is 2. The lowest BCUT2D eigenvalue weighted by atomic mass is 10.2. The van der Waals surface area contributed by atoms with Gasteiger partial charge in [-0.05, 0) is 12.1 Å². The van der Waals surface area contributed by atoms with Crippen LogP contribution in [-0.4, -0.2) is 33.6 Å². The molecule has 1 aromatic rings. The second-order valence-corrected chi connectivity index (χ2v) is 5.24. The average Bonchev–Trinajstić information content (AvgIpc) is 2.68. The molecule has 6 nitrogen and oxygen atoms in total. The fourth-order valence-electron chi connectivity index (χ4n) is 1.54. The highest BCUT2D eigenvalue weighted by Crippen LogP contribution is 2.22. The smallest absolute Gasteiger partial charge is 0.305 e. The number of hydrogen-bond acceptors (Lipinski definition) is 5. The number of amidine groups is 1. The van der Waals surface area contributed by atoms with Crippen LogP contribution in [0.5, 0.6) is 0 Å². The zero-order valence-corrected chi connectivity index (χ0v) is 11.2. The van der Waals surface area contributed by atoms with Crippen molar-refractivity contribution in [2.24, 2.45) is 10.2 Å². The van der Waals surface area contributed by atoms with Crippen LogP contribution < -0.4 is 5.32 Å². The van der Waals surface area contributed by atoms with Gasteiger partial charge in [-0.1, -0.05) is 11.8 Å². The van der Waals surface area contributed by atoms with Gasteiger partial charge < -0.3 is 10.4 Å². The van der Waals surface area contributed by atoms with Gasteiger partial charge in [0.2, 0.25) is 5.91 Å². The Balaban J connectivity index is 2.03. The molecule has 0 radical (unpaired) electrons. The van der Waals surface area contributed by atoms with E-state index in [0.29, 0.717) is 0 Å². The van der Waals surface area contributed by atoms with Crippen LogP contribution >= 0.6 is 11.8 Å². The molecule has 1 aliphatic rings. The van der Waals surface area contributed by atoms with Gasteiger partial charge in [-0.25, -0.2) is 8.78 Å². The van der Waals surface area contributed by atoms with Crippen molar-refractivity contribution in [3.63, 3.8) is 0 Å². The Morgan fingerprint density at radius 3 is 2.67 bits per heavy atom. The highest BCUT2D eigenvalue weighted by atomic mass is 32.2. The van der Waals surface area contributed by atoms with E-state index in [1.165, 1.54) is 0 Å². The summed E-state index contributed by atoms with van der Waals surface area (Å²) in [6.45, 7) is 0. The molecule has 110 valence electrons. The number of carboxylic acids is 1. The zero-order chi connectivity index (χ0) is 15.4. The van der Waals surface area contributed by atoms with E-state index in [4.69, 9.17) is 5.11 Å². The molecule has 0 saturated carbocycles. The molecule has 1 amide bonds. The number of hydrogen-bond donors (Lipinski definition) is 2. The fraction of sp³-hybridized carbons (Fsp3) is 0.167. The Kier molecular flexibility index (Phi) is 4.63. The summed E-state index contributed by atoms with van der Waals surface area (Å²) in [6.07, 6.45) is 0.796. The third kappa shape index (κ3) is 4.35. The van der Waals surface area contributed by atoms with Crippen LogP contribution in [-0.2, 0) is 9.59 Å². The minimum atomic E-state index is -1.09. The van der Waals surface area contributed by atoms with Crippen molar-refractivity contribution in [1.82, 2.24) is 5.32 Å². The van der Waals surface area contributed by atoms with Gasteiger partial charge in [-0.2, -0.15) is 5.10 Å². The maximum Gasteiger partial charge on any atom is 0.305 e. The number of carboxylic acid groups (broad SMARTS) is 1. The summed E-state index contributed by atoms with van der Waals surface area (Å²) in [5, 5.41) is 17.6. The molecular weight excluding hydrogens is 304 g/mol. The molecule has 9 heteroatoms. The number of nitrogens with one attached hydrogen (secondary N) is 1. The molecule has 0 bridgehead atoms. The molecule has 1 fully saturated rings. The van der Waals surface area contributed by atoms with Gasteiger partial charge in [0, 0.05) is 11.6 Å². The molecule has 2 N–H and O–H groups in total. The fourth-order valence-corrected chi connectivity index (χ4v) is 2.46. The summed E-state index contributed by atoms with van der Waals surface area (Å²) in [6, 6.07) is 2.87. The Labute approximate surface area is 121 Å². The van der Waals surface area contributed by atoms with Crippen molar-refractivity contribution < 1.29 is 23.5 Å². The Morgan fingerprint density at radius 2 is 2.05 bits per heavy atom. The van der Waals surface area contributed by atoms with E-state index < -0.39 is 28.8 Å². The number of thioether (sulfide) groups is 1. The lowest BCUT2D eigenvalue weighted by Crippen LogP contribution is -2.26. The first-order chi connectivity index (χ1) is 9.94.